The van der Waals surface area contributed by atoms with E-state index in [9.17, 15) is 28.8 Å². The number of unbranched alkanes of at least 4 members (excludes halogenated alkanes) is 1. The Bertz CT molecular complexity index is 1290. The minimum absolute atomic E-state index is 0.00536. The van der Waals surface area contributed by atoms with E-state index in [4.69, 9.17) is 0 Å². The maximum Gasteiger partial charge on any atom is 0.246 e. The van der Waals surface area contributed by atoms with Crippen LogP contribution < -0.4 is 5.32 Å². The molecule has 2 unspecified atom stereocenters. The highest BCUT2D eigenvalue weighted by Crippen LogP contribution is 2.44. The molecular weight excluding hydrogens is 612 g/mol. The molecule has 1 aromatic heterocycles. The molecule has 2 N–H and O–H groups in total. The lowest BCUT2D eigenvalue weighted by Crippen LogP contribution is -2.56. The average molecular weight is 669 g/mol. The third-order valence-corrected chi connectivity index (χ3v) is 10.7. The van der Waals surface area contributed by atoms with Crippen molar-refractivity contribution in [1.29, 1.82) is 0 Å². The van der Waals surface area contributed by atoms with Crippen LogP contribution in [-0.2, 0) is 35.2 Å². The number of tetrazole rings is 1. The predicted octanol–water partition coefficient (Wildman–Crippen LogP) is 4.23. The van der Waals surface area contributed by atoms with E-state index >= 15 is 0 Å². The van der Waals surface area contributed by atoms with Crippen molar-refractivity contribution in [3.63, 3.8) is 0 Å². The Kier molecular flexibility index (Phi) is 13.6. The van der Waals surface area contributed by atoms with Gasteiger partial charge in [0.05, 0.1) is 6.04 Å². The van der Waals surface area contributed by atoms with Crippen molar-refractivity contribution in [2.45, 2.75) is 137 Å². The van der Waals surface area contributed by atoms with Crippen LogP contribution in [0.2, 0.25) is 0 Å². The maximum absolute atomic E-state index is 14.3. The van der Waals surface area contributed by atoms with Gasteiger partial charge in [0.1, 0.15) is 11.8 Å². The third kappa shape index (κ3) is 9.87. The topological polar surface area (TPSA) is 172 Å². The van der Waals surface area contributed by atoms with Gasteiger partial charge in [0, 0.05) is 50.5 Å². The lowest BCUT2D eigenvalue weighted by molar-refractivity contribution is -0.145. The van der Waals surface area contributed by atoms with Gasteiger partial charge in [-0.05, 0) is 74.5 Å². The molecule has 0 spiro atoms. The van der Waals surface area contributed by atoms with E-state index in [1.807, 2.05) is 34.6 Å². The van der Waals surface area contributed by atoms with E-state index in [0.717, 1.165) is 38.5 Å². The first-order valence-corrected chi connectivity index (χ1v) is 18.4. The fourth-order valence-corrected chi connectivity index (χ4v) is 7.72. The number of likely N-dealkylation sites (tertiary alicyclic amines) is 1. The normalized spacial score (nSPS) is 22.4. The molecule has 12 heteroatoms. The highest BCUT2D eigenvalue weighted by Gasteiger charge is 2.51. The molecule has 4 rings (SSSR count). The van der Waals surface area contributed by atoms with E-state index < -0.39 is 29.7 Å². The second-order valence-electron chi connectivity index (χ2n) is 15.2. The number of aromatic nitrogens is 4. The number of carbonyl (C=O) groups is 6. The molecule has 0 bridgehead atoms. The van der Waals surface area contributed by atoms with Crippen LogP contribution in [0, 0.1) is 41.4 Å². The first-order chi connectivity index (χ1) is 22.9. The summed E-state index contributed by atoms with van der Waals surface area (Å²) in [5.41, 5.74) is 0. The Labute approximate surface area is 284 Å². The van der Waals surface area contributed by atoms with Crippen molar-refractivity contribution in [3.8, 4) is 0 Å². The largest absolute Gasteiger partial charge is 0.344 e. The lowest BCUT2D eigenvalue weighted by Gasteiger charge is -2.33. The number of nitrogens with one attached hydrogen (secondary N) is 2. The van der Waals surface area contributed by atoms with E-state index in [0.29, 0.717) is 50.4 Å². The molecule has 6 atom stereocenters. The van der Waals surface area contributed by atoms with Gasteiger partial charge in [0.25, 0.3) is 0 Å². The zero-order valence-electron chi connectivity index (χ0n) is 29.5. The molecule has 0 radical (unpaired) electrons. The van der Waals surface area contributed by atoms with E-state index in [1.165, 1.54) is 0 Å². The summed E-state index contributed by atoms with van der Waals surface area (Å²) in [6.45, 7) is 9.94. The minimum Gasteiger partial charge on any atom is -0.344 e. The van der Waals surface area contributed by atoms with Gasteiger partial charge >= 0.3 is 0 Å². The summed E-state index contributed by atoms with van der Waals surface area (Å²) >= 11 is 0. The molecule has 3 aliphatic rings. The molecule has 48 heavy (non-hydrogen) atoms. The number of carbonyl (C=O) groups excluding carboxylic acids is 6. The summed E-state index contributed by atoms with van der Waals surface area (Å²) in [7, 11) is 0. The van der Waals surface area contributed by atoms with Crippen LogP contribution in [0.4, 0.5) is 0 Å². The third-order valence-electron chi connectivity index (χ3n) is 10.7. The number of ketones is 4. The highest BCUT2D eigenvalue weighted by molar-refractivity contribution is 6.38. The molecule has 266 valence electrons. The number of fused-ring (bicyclic) bond motifs is 1. The van der Waals surface area contributed by atoms with Crippen LogP contribution in [0.5, 0.6) is 0 Å². The number of Topliss-reactive ketones (excluding diaryl/α,β-unsaturated/α-hetero) is 4. The summed E-state index contributed by atoms with van der Waals surface area (Å²) < 4.78 is 0. The number of hydrogen-bond donors (Lipinski definition) is 2. The number of rotatable bonds is 21. The van der Waals surface area contributed by atoms with Crippen LogP contribution in [0.3, 0.4) is 0 Å². The van der Waals surface area contributed by atoms with Crippen molar-refractivity contribution < 1.29 is 28.8 Å². The van der Waals surface area contributed by atoms with Gasteiger partial charge in [-0.25, -0.2) is 0 Å². The van der Waals surface area contributed by atoms with Crippen LogP contribution in [0.25, 0.3) is 0 Å². The van der Waals surface area contributed by atoms with Gasteiger partial charge in [-0.3, -0.25) is 28.8 Å². The number of nitrogens with zero attached hydrogens (tertiary/aromatic N) is 4. The Morgan fingerprint density at radius 1 is 0.958 bits per heavy atom. The monoisotopic (exact) mass is 668 g/mol. The number of aryl methyl sites for hydroxylation is 1. The van der Waals surface area contributed by atoms with Crippen LogP contribution in [0.1, 0.15) is 124 Å². The smallest absolute Gasteiger partial charge is 0.246 e. The van der Waals surface area contributed by atoms with Crippen molar-refractivity contribution in [3.05, 3.63) is 5.82 Å². The average Bonchev–Trinajstić information content (AvgIpc) is 3.38. The Morgan fingerprint density at radius 3 is 2.33 bits per heavy atom. The van der Waals surface area contributed by atoms with E-state index in [2.05, 4.69) is 25.9 Å². The molecular formula is C36H56N6O6. The predicted molar refractivity (Wildman–Crippen MR) is 178 cm³/mol. The fourth-order valence-electron chi connectivity index (χ4n) is 7.72. The second kappa shape index (κ2) is 17.4. The van der Waals surface area contributed by atoms with Crippen LogP contribution >= 0.6 is 0 Å². The molecule has 1 aromatic rings. The van der Waals surface area contributed by atoms with Crippen molar-refractivity contribution in [1.82, 2.24) is 30.8 Å². The Morgan fingerprint density at radius 2 is 1.71 bits per heavy atom. The fraction of sp³-hybridized carbons (Fsp3) is 0.806. The molecule has 1 saturated heterocycles. The number of amides is 2. The number of aromatic amines is 1. The molecule has 12 nitrogen and oxygen atoms in total. The van der Waals surface area contributed by atoms with Gasteiger partial charge in [-0.2, -0.15) is 5.21 Å². The molecule has 1 aliphatic heterocycles. The Balaban J connectivity index is 1.41. The summed E-state index contributed by atoms with van der Waals surface area (Å²) in [5, 5.41) is 16.8. The van der Waals surface area contributed by atoms with Gasteiger partial charge in [-0.15, -0.1) is 10.2 Å². The molecule has 2 saturated carbocycles. The highest BCUT2D eigenvalue weighted by atomic mass is 16.2. The molecule has 2 aliphatic carbocycles. The van der Waals surface area contributed by atoms with Gasteiger partial charge < -0.3 is 10.2 Å². The minimum atomic E-state index is -0.855. The summed E-state index contributed by atoms with van der Waals surface area (Å²) in [4.78, 5) is 82.5. The molecule has 0 aromatic carbocycles. The van der Waals surface area contributed by atoms with Crippen molar-refractivity contribution in [2.24, 2.45) is 41.4 Å². The second-order valence-corrected chi connectivity index (χ2v) is 15.2. The lowest BCUT2D eigenvalue weighted by atomic mass is 9.84. The summed E-state index contributed by atoms with van der Waals surface area (Å²) in [5.74, 6) is -2.08. The van der Waals surface area contributed by atoms with E-state index in [-0.39, 0.29) is 72.1 Å². The van der Waals surface area contributed by atoms with Crippen LogP contribution in [-0.4, -0.2) is 79.1 Å². The quantitative estimate of drug-likeness (QED) is 0.144. The summed E-state index contributed by atoms with van der Waals surface area (Å²) in [6.07, 6.45) is 8.52. The number of hydrogen-bond acceptors (Lipinski definition) is 9. The van der Waals surface area contributed by atoms with Gasteiger partial charge in [0.2, 0.25) is 17.6 Å². The SMILES string of the molecule is CCCC(CC(=O)C1[C@H]2CCC[C@H]2CN1C(=O)[C@@H](NC(=O)[C@H](CC(=O)CCCCc1nn[nH]n1)C(C)C)C(C)C)C(=O)C(=O)CC1CC1. The van der Waals surface area contributed by atoms with Gasteiger partial charge in [-0.1, -0.05) is 52.7 Å². The molecule has 3 fully saturated rings. The summed E-state index contributed by atoms with van der Waals surface area (Å²) in [6, 6.07) is -1.52. The zero-order valence-corrected chi connectivity index (χ0v) is 29.5. The maximum atomic E-state index is 14.3. The van der Waals surface area contributed by atoms with Gasteiger partial charge in [0.15, 0.2) is 17.4 Å². The molecule has 2 amide bonds. The molecule has 2 heterocycles. The number of H-pyrrole nitrogens is 1. The standard InChI is InChI=1S/C36H56N6O6/c1-6-10-24(34(46)30(45)17-23-15-16-23)18-29(44)33-27-13-9-11-25(27)20-42(33)36(48)32(22(4)5)37-35(47)28(21(2)3)19-26(43)12-7-8-14-31-38-40-41-39-31/h21-25,27-28,32-33H,6-20H2,1-5H3,(H,37,47)(H,38,39,40,41)/t24?,25-,27-,28+,32-,33?/m0/s1. The van der Waals surface area contributed by atoms with E-state index in [1.54, 1.807) is 4.90 Å². The zero-order chi connectivity index (χ0) is 35.0. The first-order valence-electron chi connectivity index (χ1n) is 18.4. The first kappa shape index (κ1) is 37.5. The van der Waals surface area contributed by atoms with Crippen LogP contribution in [0.15, 0.2) is 0 Å². The van der Waals surface area contributed by atoms with Crippen molar-refractivity contribution in [2.75, 3.05) is 6.54 Å². The Hall–Kier alpha value is -3.31. The van der Waals surface area contributed by atoms with Crippen molar-refractivity contribution >= 4 is 34.9 Å².